The number of phenolic OH excluding ortho intramolecular Hbond substituents is 1. The molecule has 2 N–H and O–H groups in total. The summed E-state index contributed by atoms with van der Waals surface area (Å²) in [5.74, 6) is 0.828. The Morgan fingerprint density at radius 1 is 1.02 bits per heavy atom. The van der Waals surface area contributed by atoms with Gasteiger partial charge in [-0.05, 0) is 96.3 Å². The highest BCUT2D eigenvalue weighted by Crippen LogP contribution is 2.41. The van der Waals surface area contributed by atoms with Gasteiger partial charge in [-0.3, -0.25) is 9.59 Å². The van der Waals surface area contributed by atoms with Crippen molar-refractivity contribution in [3.8, 4) is 28.7 Å². The second kappa shape index (κ2) is 11.4. The third-order valence-electron chi connectivity index (χ3n) is 7.51. The maximum atomic E-state index is 13.8. The van der Waals surface area contributed by atoms with Gasteiger partial charge in [-0.2, -0.15) is 0 Å². The van der Waals surface area contributed by atoms with E-state index in [1.54, 1.807) is 18.1 Å². The summed E-state index contributed by atoms with van der Waals surface area (Å²) in [5.41, 5.74) is 3.25. The van der Waals surface area contributed by atoms with Gasteiger partial charge in [0.1, 0.15) is 23.1 Å². The molecule has 4 aromatic rings. The summed E-state index contributed by atoms with van der Waals surface area (Å²) in [6.07, 6.45) is 1.07. The number of hydrogen-bond donors (Lipinski definition) is 2. The van der Waals surface area contributed by atoms with Crippen molar-refractivity contribution in [3.63, 3.8) is 0 Å². The van der Waals surface area contributed by atoms with E-state index in [-0.39, 0.29) is 23.8 Å². The summed E-state index contributed by atoms with van der Waals surface area (Å²) < 4.78 is 31.4. The average Bonchev–Trinajstić information content (AvgIpc) is 3.00. The van der Waals surface area contributed by atoms with E-state index < -0.39 is 17.8 Å². The predicted molar refractivity (Wildman–Crippen MR) is 153 cm³/mol. The van der Waals surface area contributed by atoms with Crippen LogP contribution in [0.25, 0.3) is 0 Å². The number of amides is 2. The van der Waals surface area contributed by atoms with E-state index in [1.165, 1.54) is 36.4 Å². The first-order chi connectivity index (χ1) is 20.4. The molecular formula is C33H29FN2O6. The number of nitrogens with one attached hydrogen (secondary N) is 1. The number of nitrogens with zero attached hydrogens (tertiary/aromatic N) is 1. The average molecular weight is 569 g/mol. The van der Waals surface area contributed by atoms with Crippen LogP contribution in [0.3, 0.4) is 0 Å². The zero-order valence-electron chi connectivity index (χ0n) is 22.9. The number of fused-ring (bicyclic) bond motifs is 6. The van der Waals surface area contributed by atoms with Crippen LogP contribution >= 0.6 is 0 Å². The van der Waals surface area contributed by atoms with E-state index >= 15 is 0 Å². The van der Waals surface area contributed by atoms with Crippen LogP contribution in [0.5, 0.6) is 28.7 Å². The molecule has 3 aliphatic heterocycles. The Hall–Kier alpha value is -5.05. The summed E-state index contributed by atoms with van der Waals surface area (Å²) >= 11 is 0. The van der Waals surface area contributed by atoms with Crippen LogP contribution in [0.1, 0.15) is 49.9 Å². The van der Waals surface area contributed by atoms with E-state index in [9.17, 15) is 19.1 Å². The first-order valence-corrected chi connectivity index (χ1v) is 13.7. The van der Waals surface area contributed by atoms with Gasteiger partial charge in [0, 0.05) is 18.7 Å². The smallest absolute Gasteiger partial charge is 0.255 e. The topological polar surface area (TPSA) is 97.3 Å². The van der Waals surface area contributed by atoms with E-state index in [4.69, 9.17) is 14.2 Å². The Bertz CT molecular complexity index is 1660. The van der Waals surface area contributed by atoms with Crippen LogP contribution in [0.4, 0.5) is 4.39 Å². The fourth-order valence-electron chi connectivity index (χ4n) is 5.43. The van der Waals surface area contributed by atoms with Gasteiger partial charge in [-0.1, -0.05) is 12.1 Å². The second-order valence-electron chi connectivity index (χ2n) is 10.2. The lowest BCUT2D eigenvalue weighted by atomic mass is 9.87. The number of methoxy groups -OCH3 is 1. The molecule has 0 radical (unpaired) electrons. The Morgan fingerprint density at radius 2 is 1.81 bits per heavy atom. The van der Waals surface area contributed by atoms with E-state index in [2.05, 4.69) is 5.32 Å². The molecule has 0 aliphatic carbocycles. The van der Waals surface area contributed by atoms with E-state index in [0.29, 0.717) is 54.5 Å². The molecule has 1 atom stereocenters. The van der Waals surface area contributed by atoms with Gasteiger partial charge in [-0.25, -0.2) is 4.39 Å². The number of halogens is 1. The molecule has 214 valence electrons. The van der Waals surface area contributed by atoms with Crippen molar-refractivity contribution < 1.29 is 33.3 Å². The summed E-state index contributed by atoms with van der Waals surface area (Å²) in [6, 6.07) is 20.9. The maximum Gasteiger partial charge on any atom is 0.255 e. The van der Waals surface area contributed by atoms with Crippen molar-refractivity contribution >= 4 is 11.8 Å². The normalized spacial score (nSPS) is 16.4. The van der Waals surface area contributed by atoms with E-state index in [0.717, 1.165) is 16.7 Å². The molecule has 42 heavy (non-hydrogen) atoms. The monoisotopic (exact) mass is 568 g/mol. The minimum absolute atomic E-state index is 0.108. The molecule has 0 spiro atoms. The van der Waals surface area contributed by atoms with Gasteiger partial charge in [-0.15, -0.1) is 0 Å². The zero-order chi connectivity index (χ0) is 29.2. The number of ether oxygens (including phenoxy) is 3. The molecule has 0 saturated carbocycles. The van der Waals surface area contributed by atoms with Crippen LogP contribution in [0.2, 0.25) is 0 Å². The highest BCUT2D eigenvalue weighted by Gasteiger charge is 2.33. The quantitative estimate of drug-likeness (QED) is 0.325. The third-order valence-corrected chi connectivity index (χ3v) is 7.51. The van der Waals surface area contributed by atoms with E-state index in [1.807, 2.05) is 36.4 Å². The van der Waals surface area contributed by atoms with Crippen molar-refractivity contribution in [3.05, 3.63) is 112 Å². The highest BCUT2D eigenvalue weighted by atomic mass is 19.1. The van der Waals surface area contributed by atoms with Gasteiger partial charge in [0.25, 0.3) is 11.8 Å². The predicted octanol–water partition coefficient (Wildman–Crippen LogP) is 5.63. The highest BCUT2D eigenvalue weighted by molar-refractivity contribution is 5.97. The maximum absolute atomic E-state index is 13.8. The lowest BCUT2D eigenvalue weighted by molar-refractivity contribution is 0.0694. The fourth-order valence-corrected chi connectivity index (χ4v) is 5.43. The molecule has 0 aromatic heterocycles. The molecule has 2 amide bonds. The first kappa shape index (κ1) is 27.1. The van der Waals surface area contributed by atoms with Crippen molar-refractivity contribution in [1.29, 1.82) is 0 Å². The van der Waals surface area contributed by atoms with Gasteiger partial charge in [0.05, 0.1) is 25.3 Å². The summed E-state index contributed by atoms with van der Waals surface area (Å²) in [4.78, 5) is 28.4. The number of phenols is 1. The number of hydrogen-bond acceptors (Lipinski definition) is 6. The van der Waals surface area contributed by atoms with Crippen LogP contribution in [0, 0.1) is 5.82 Å². The lowest BCUT2D eigenvalue weighted by Gasteiger charge is -2.38. The number of carbonyl (C=O) groups is 2. The van der Waals surface area contributed by atoms with Crippen LogP contribution in [0.15, 0.2) is 78.9 Å². The Morgan fingerprint density at radius 3 is 2.62 bits per heavy atom. The molecule has 8 nitrogen and oxygen atoms in total. The number of benzene rings is 4. The van der Waals surface area contributed by atoms with Gasteiger partial charge >= 0.3 is 0 Å². The molecule has 7 rings (SSSR count). The third kappa shape index (κ3) is 5.33. The summed E-state index contributed by atoms with van der Waals surface area (Å²) in [5, 5.41) is 13.1. The molecule has 0 fully saturated rings. The number of carbonyl (C=O) groups excluding carboxylic acids is 2. The van der Waals surface area contributed by atoms with Crippen molar-refractivity contribution in [2.45, 2.75) is 18.9 Å². The fraction of sp³-hybridized carbons (Fsp3) is 0.212. The standard InChI is InChI=1S/C33H29FN2O6/c1-40-29-12-5-22-18-30(29)41-16-2-14-35-32(38)27-19-25(9-11-28(27)37)42-24-8-10-26-21(17-24)13-15-36(31(22)26)33(39)20-3-6-23(34)7-4-20/h3-12,17-19,31,37H,2,13-16H2,1H3,(H,35,38). The van der Waals surface area contributed by atoms with Crippen molar-refractivity contribution in [2.75, 3.05) is 26.8 Å². The van der Waals surface area contributed by atoms with Crippen LogP contribution in [-0.4, -0.2) is 48.6 Å². The lowest BCUT2D eigenvalue weighted by Crippen LogP contribution is -2.40. The molecular weight excluding hydrogens is 539 g/mol. The van der Waals surface area contributed by atoms with Gasteiger partial charge in [0.2, 0.25) is 0 Å². The second-order valence-corrected chi connectivity index (χ2v) is 10.2. The summed E-state index contributed by atoms with van der Waals surface area (Å²) in [7, 11) is 1.56. The van der Waals surface area contributed by atoms with Crippen LogP contribution < -0.4 is 19.5 Å². The van der Waals surface area contributed by atoms with Gasteiger partial charge < -0.3 is 29.5 Å². The largest absolute Gasteiger partial charge is 0.507 e. The minimum atomic E-state index is -0.452. The van der Waals surface area contributed by atoms with Crippen LogP contribution in [-0.2, 0) is 6.42 Å². The molecule has 3 aliphatic rings. The Labute approximate surface area is 242 Å². The van der Waals surface area contributed by atoms with Crippen molar-refractivity contribution in [2.24, 2.45) is 0 Å². The van der Waals surface area contributed by atoms with Crippen molar-refractivity contribution in [1.82, 2.24) is 10.2 Å². The summed E-state index contributed by atoms with van der Waals surface area (Å²) in [6.45, 7) is 1.03. The first-order valence-electron chi connectivity index (χ1n) is 13.7. The number of rotatable bonds is 2. The molecule has 4 aromatic carbocycles. The molecule has 3 heterocycles. The molecule has 0 saturated heterocycles. The minimum Gasteiger partial charge on any atom is -0.507 e. The molecule has 1 unspecified atom stereocenters. The molecule has 9 heteroatoms. The Kier molecular flexibility index (Phi) is 7.39. The zero-order valence-corrected chi connectivity index (χ0v) is 22.9. The van der Waals surface area contributed by atoms with Gasteiger partial charge in [0.15, 0.2) is 11.5 Å². The molecule has 8 bridgehead atoms. The number of aromatic hydroxyl groups is 1. The Balaban J connectivity index is 1.45. The SMILES string of the molecule is COc1ccc2cc1OCCCNC(=O)c1cc(ccc1O)Oc1ccc3c(c1)CCN(C(=O)c1ccc(F)cc1)C23.